The van der Waals surface area contributed by atoms with E-state index in [1.54, 1.807) is 50.5 Å². The Morgan fingerprint density at radius 1 is 1.23 bits per heavy atom. The first kappa shape index (κ1) is 20.4. The Kier molecular flexibility index (Phi) is 5.10. The number of carbonyl (C=O) groups excluding carboxylic acids is 2. The second kappa shape index (κ2) is 7.75. The fourth-order valence-corrected chi connectivity index (χ4v) is 3.68. The average molecular weight is 422 g/mol. The van der Waals surface area contributed by atoms with E-state index in [-0.39, 0.29) is 17.3 Å². The summed E-state index contributed by atoms with van der Waals surface area (Å²) in [5.74, 6) is -0.851. The number of hydrogen-bond acceptors (Lipinski definition) is 7. The number of ketones is 1. The number of nitrogens with one attached hydrogen (secondary N) is 1. The number of fused-ring (bicyclic) bond motifs is 1. The molecule has 1 aromatic carbocycles. The molecule has 0 saturated carbocycles. The number of aliphatic hydroxyl groups excluding tert-OH is 1. The number of ether oxygens (including phenoxy) is 2. The maximum absolute atomic E-state index is 13.1. The largest absolute Gasteiger partial charge is 0.503 e. The zero-order chi connectivity index (χ0) is 22.3. The summed E-state index contributed by atoms with van der Waals surface area (Å²) in [6.45, 7) is 3.44. The van der Waals surface area contributed by atoms with Gasteiger partial charge in [0.05, 0.1) is 36.9 Å². The lowest BCUT2D eigenvalue weighted by atomic mass is 9.92. The molecule has 1 aliphatic rings. The molecule has 9 heteroatoms. The molecule has 0 fully saturated rings. The number of benzene rings is 1. The molecule has 1 amide bonds. The minimum Gasteiger partial charge on any atom is -0.503 e. The second-order valence-corrected chi connectivity index (χ2v) is 7.43. The van der Waals surface area contributed by atoms with Crippen molar-refractivity contribution in [3.63, 3.8) is 0 Å². The van der Waals surface area contributed by atoms with Gasteiger partial charge in [0.2, 0.25) is 5.95 Å². The van der Waals surface area contributed by atoms with Crippen LogP contribution in [0.1, 0.15) is 25.5 Å². The Labute approximate surface area is 178 Å². The van der Waals surface area contributed by atoms with Gasteiger partial charge in [-0.1, -0.05) is 19.9 Å². The third kappa shape index (κ3) is 3.27. The smallest absolute Gasteiger partial charge is 0.296 e. The van der Waals surface area contributed by atoms with Gasteiger partial charge in [-0.3, -0.25) is 19.5 Å². The van der Waals surface area contributed by atoms with Gasteiger partial charge in [-0.15, -0.1) is 0 Å². The van der Waals surface area contributed by atoms with E-state index in [2.05, 4.69) is 15.0 Å². The van der Waals surface area contributed by atoms with Crippen LogP contribution in [0.4, 0.5) is 5.95 Å². The minimum absolute atomic E-state index is 0.0311. The molecule has 2 N–H and O–H groups in total. The van der Waals surface area contributed by atoms with Crippen LogP contribution in [0.15, 0.2) is 48.0 Å². The Bertz CT molecular complexity index is 1160. The first-order valence-electron chi connectivity index (χ1n) is 9.70. The molecule has 0 spiro atoms. The highest BCUT2D eigenvalue weighted by molar-refractivity contribution is 6.16. The number of nitrogens with zero attached hydrogens (tertiary/aromatic N) is 3. The maximum Gasteiger partial charge on any atom is 0.296 e. The van der Waals surface area contributed by atoms with E-state index >= 15 is 0 Å². The van der Waals surface area contributed by atoms with Crippen molar-refractivity contribution >= 4 is 28.7 Å². The van der Waals surface area contributed by atoms with Gasteiger partial charge >= 0.3 is 0 Å². The maximum atomic E-state index is 13.1. The number of anilines is 1. The number of Topliss-reactive ketones (excluding diaryl/α,β-unsaturated/α-hetero) is 1. The molecule has 4 rings (SSSR count). The highest BCUT2D eigenvalue weighted by atomic mass is 16.5. The predicted molar refractivity (Wildman–Crippen MR) is 113 cm³/mol. The van der Waals surface area contributed by atoms with Crippen molar-refractivity contribution in [3.05, 3.63) is 53.6 Å². The summed E-state index contributed by atoms with van der Waals surface area (Å²) in [6, 6.07) is 5.98. The molecule has 3 heterocycles. The first-order chi connectivity index (χ1) is 14.9. The van der Waals surface area contributed by atoms with Gasteiger partial charge in [0.25, 0.3) is 5.91 Å². The van der Waals surface area contributed by atoms with Crippen molar-refractivity contribution in [2.75, 3.05) is 19.1 Å². The van der Waals surface area contributed by atoms with Crippen LogP contribution in [0.5, 0.6) is 11.5 Å². The summed E-state index contributed by atoms with van der Waals surface area (Å²) in [7, 11) is 3.04. The third-order valence-corrected chi connectivity index (χ3v) is 5.20. The van der Waals surface area contributed by atoms with Gasteiger partial charge in [-0.2, -0.15) is 0 Å². The number of hydrogen-bond donors (Lipinski definition) is 2. The van der Waals surface area contributed by atoms with Crippen LogP contribution < -0.4 is 14.4 Å². The molecule has 0 aliphatic carbocycles. The van der Waals surface area contributed by atoms with Gasteiger partial charge in [-0.05, 0) is 11.6 Å². The zero-order valence-electron chi connectivity index (χ0n) is 17.5. The number of aromatic nitrogens is 3. The lowest BCUT2D eigenvalue weighted by molar-refractivity contribution is -0.119. The van der Waals surface area contributed by atoms with Crippen molar-refractivity contribution in [2.24, 2.45) is 5.92 Å². The summed E-state index contributed by atoms with van der Waals surface area (Å²) >= 11 is 0. The van der Waals surface area contributed by atoms with Crippen LogP contribution in [0, 0.1) is 5.92 Å². The fourth-order valence-electron chi connectivity index (χ4n) is 3.68. The third-order valence-electron chi connectivity index (χ3n) is 5.20. The summed E-state index contributed by atoms with van der Waals surface area (Å²) in [5, 5.41) is 10.6. The molecule has 1 unspecified atom stereocenters. The quantitative estimate of drug-likeness (QED) is 0.627. The van der Waals surface area contributed by atoms with Gasteiger partial charge in [0, 0.05) is 30.4 Å². The highest BCUT2D eigenvalue weighted by Crippen LogP contribution is 2.41. The van der Waals surface area contributed by atoms with E-state index in [1.807, 2.05) is 0 Å². The van der Waals surface area contributed by atoms with Crippen molar-refractivity contribution in [3.8, 4) is 11.5 Å². The Balaban J connectivity index is 1.88. The van der Waals surface area contributed by atoms with E-state index in [1.165, 1.54) is 19.1 Å². The number of carbonyl (C=O) groups is 2. The van der Waals surface area contributed by atoms with Crippen LogP contribution in [0.3, 0.4) is 0 Å². The summed E-state index contributed by atoms with van der Waals surface area (Å²) < 4.78 is 10.7. The molecule has 1 atom stereocenters. The van der Waals surface area contributed by atoms with Gasteiger partial charge in [0.1, 0.15) is 0 Å². The summed E-state index contributed by atoms with van der Waals surface area (Å²) in [6.07, 6.45) is 3.16. The molecular formula is C22H22N4O5. The number of methoxy groups -OCH3 is 2. The summed E-state index contributed by atoms with van der Waals surface area (Å²) in [4.78, 5) is 39.0. The normalized spacial score (nSPS) is 16.5. The Hall–Kier alpha value is -3.88. The number of aromatic amines is 1. The first-order valence-corrected chi connectivity index (χ1v) is 9.70. The molecule has 1 aliphatic heterocycles. The standard InChI is InChI=1S/C22H22N4O5/c1-11(2)19(27)17-18(12-6-5-7-23-10-12)26(21(29)20(17)28)22-24-13-8-15(30-3)16(31-4)9-14(13)25-22/h5-11,18,28H,1-4H3,(H,24,25). The molecule has 2 aromatic heterocycles. The minimum atomic E-state index is -0.861. The lowest BCUT2D eigenvalue weighted by Crippen LogP contribution is -2.32. The predicted octanol–water partition coefficient (Wildman–Crippen LogP) is 3.10. The van der Waals surface area contributed by atoms with E-state index in [4.69, 9.17) is 9.47 Å². The number of amides is 1. The summed E-state index contributed by atoms with van der Waals surface area (Å²) in [5.41, 5.74) is 1.75. The van der Waals surface area contributed by atoms with Crippen molar-refractivity contribution in [2.45, 2.75) is 19.9 Å². The van der Waals surface area contributed by atoms with Crippen molar-refractivity contribution < 1.29 is 24.2 Å². The number of H-pyrrole nitrogens is 1. The van der Waals surface area contributed by atoms with Gasteiger partial charge < -0.3 is 19.6 Å². The van der Waals surface area contributed by atoms with Crippen molar-refractivity contribution in [1.82, 2.24) is 15.0 Å². The molecule has 0 radical (unpaired) electrons. The van der Waals surface area contributed by atoms with Crippen LogP contribution in [0.2, 0.25) is 0 Å². The number of aliphatic hydroxyl groups is 1. The Morgan fingerprint density at radius 2 is 1.94 bits per heavy atom. The average Bonchev–Trinajstić information content (AvgIpc) is 3.30. The monoisotopic (exact) mass is 422 g/mol. The molecule has 31 heavy (non-hydrogen) atoms. The van der Waals surface area contributed by atoms with E-state index < -0.39 is 23.6 Å². The van der Waals surface area contributed by atoms with Crippen LogP contribution in [0.25, 0.3) is 11.0 Å². The van der Waals surface area contributed by atoms with Gasteiger partial charge in [-0.25, -0.2) is 4.98 Å². The number of rotatable bonds is 6. The van der Waals surface area contributed by atoms with Crippen LogP contribution >= 0.6 is 0 Å². The Morgan fingerprint density at radius 3 is 2.55 bits per heavy atom. The lowest BCUT2D eigenvalue weighted by Gasteiger charge is -2.24. The molecule has 0 bridgehead atoms. The molecular weight excluding hydrogens is 400 g/mol. The van der Waals surface area contributed by atoms with Crippen molar-refractivity contribution in [1.29, 1.82) is 0 Å². The zero-order valence-corrected chi connectivity index (χ0v) is 17.5. The second-order valence-electron chi connectivity index (χ2n) is 7.43. The molecule has 160 valence electrons. The number of imidazole rings is 1. The van der Waals surface area contributed by atoms with Gasteiger partial charge in [0.15, 0.2) is 23.0 Å². The topological polar surface area (TPSA) is 118 Å². The fraction of sp³-hybridized carbons (Fsp3) is 0.273. The van der Waals surface area contributed by atoms with E-state index in [9.17, 15) is 14.7 Å². The SMILES string of the molecule is COc1cc2nc(N3C(=O)C(O)=C(C(=O)C(C)C)C3c3cccnc3)[nH]c2cc1OC. The molecule has 3 aromatic rings. The van der Waals surface area contributed by atoms with Crippen LogP contribution in [-0.4, -0.2) is 46.0 Å². The molecule has 0 saturated heterocycles. The van der Waals surface area contributed by atoms with E-state index in [0.29, 0.717) is 28.1 Å². The van der Waals surface area contributed by atoms with Crippen LogP contribution in [-0.2, 0) is 9.59 Å². The van der Waals surface area contributed by atoms with E-state index in [0.717, 1.165) is 0 Å². The highest BCUT2D eigenvalue weighted by Gasteiger charge is 2.46. The molecule has 9 nitrogen and oxygen atoms in total. The number of pyridine rings is 1.